The second kappa shape index (κ2) is 10.5. The highest BCUT2D eigenvalue weighted by Gasteiger charge is 2.46. The molecule has 4 heterocycles. The molecule has 0 aliphatic carbocycles. The summed E-state index contributed by atoms with van der Waals surface area (Å²) >= 11 is 1.50. The van der Waals surface area contributed by atoms with Gasteiger partial charge in [0.2, 0.25) is 18.0 Å². The number of nitrogens with zero attached hydrogens (tertiary/aromatic N) is 3. The number of pyridine rings is 1. The Hall–Kier alpha value is -4.10. The van der Waals surface area contributed by atoms with E-state index in [0.717, 1.165) is 17.6 Å². The molecule has 40 heavy (non-hydrogen) atoms. The third kappa shape index (κ3) is 4.34. The lowest BCUT2D eigenvalue weighted by molar-refractivity contribution is -0.0209. The van der Waals surface area contributed by atoms with E-state index in [4.69, 9.17) is 14.2 Å². The van der Waals surface area contributed by atoms with E-state index in [9.17, 15) is 23.2 Å². The van der Waals surface area contributed by atoms with E-state index in [1.807, 2.05) is 29.3 Å². The highest BCUT2D eigenvalue weighted by molar-refractivity contribution is 7.98. The predicted octanol–water partition coefficient (Wildman–Crippen LogP) is 3.39. The number of carbonyl (C=O) groups excluding carboxylic acids is 2. The Labute approximate surface area is 230 Å². The number of ether oxygens (including phenoxy) is 4. The SMILES string of the molecule is COC(=O)OCOc1c2n(ccc1=O)N([C@H]1c3cc(F)c(F)cc3CSc3ccccc31)[C@@H]1COCCN1C2=O. The van der Waals surface area contributed by atoms with Gasteiger partial charge in [-0.15, -0.1) is 11.8 Å². The molecule has 1 saturated heterocycles. The summed E-state index contributed by atoms with van der Waals surface area (Å²) in [6.45, 7) is -0.0595. The summed E-state index contributed by atoms with van der Waals surface area (Å²) in [5, 5.41) is 1.82. The van der Waals surface area contributed by atoms with E-state index in [1.54, 1.807) is 4.90 Å². The minimum absolute atomic E-state index is 0.0994. The summed E-state index contributed by atoms with van der Waals surface area (Å²) in [4.78, 5) is 40.7. The normalized spacial score (nSPS) is 19.5. The Kier molecular flexibility index (Phi) is 6.84. The van der Waals surface area contributed by atoms with E-state index < -0.39 is 48.1 Å². The average Bonchev–Trinajstić information content (AvgIpc) is 3.11. The van der Waals surface area contributed by atoms with Crippen LogP contribution in [-0.4, -0.2) is 61.5 Å². The first-order valence-electron chi connectivity index (χ1n) is 12.3. The second-order valence-electron chi connectivity index (χ2n) is 9.19. The largest absolute Gasteiger partial charge is 0.510 e. The number of rotatable bonds is 4. The zero-order valence-electron chi connectivity index (χ0n) is 21.2. The highest BCUT2D eigenvalue weighted by atomic mass is 32.2. The van der Waals surface area contributed by atoms with Gasteiger partial charge in [0.1, 0.15) is 6.17 Å². The molecule has 2 aromatic carbocycles. The van der Waals surface area contributed by atoms with Crippen molar-refractivity contribution in [3.05, 3.63) is 92.9 Å². The van der Waals surface area contributed by atoms with Gasteiger partial charge < -0.3 is 23.8 Å². The molecular formula is C27H23F2N3O7S. The average molecular weight is 572 g/mol. The second-order valence-corrected chi connectivity index (χ2v) is 10.2. The van der Waals surface area contributed by atoms with Crippen LogP contribution in [0.2, 0.25) is 0 Å². The predicted molar refractivity (Wildman–Crippen MR) is 138 cm³/mol. The number of amides is 1. The third-order valence-electron chi connectivity index (χ3n) is 7.04. The molecule has 13 heteroatoms. The van der Waals surface area contributed by atoms with Gasteiger partial charge in [0.05, 0.1) is 26.4 Å². The quantitative estimate of drug-likeness (QED) is 0.345. The maximum Gasteiger partial charge on any atom is 0.510 e. The zero-order chi connectivity index (χ0) is 28.0. The first-order valence-corrected chi connectivity index (χ1v) is 13.3. The van der Waals surface area contributed by atoms with E-state index in [-0.39, 0.29) is 31.2 Å². The van der Waals surface area contributed by atoms with Gasteiger partial charge in [0, 0.05) is 29.5 Å². The Bertz CT molecular complexity index is 1570. The van der Waals surface area contributed by atoms with Gasteiger partial charge in [0.25, 0.3) is 5.91 Å². The molecule has 1 aromatic heterocycles. The summed E-state index contributed by atoms with van der Waals surface area (Å²) in [7, 11) is 1.12. The van der Waals surface area contributed by atoms with Gasteiger partial charge in [-0.05, 0) is 34.9 Å². The van der Waals surface area contributed by atoms with Crippen molar-refractivity contribution in [3.63, 3.8) is 0 Å². The van der Waals surface area contributed by atoms with Crippen LogP contribution in [0.15, 0.2) is 58.4 Å². The van der Waals surface area contributed by atoms with Crippen LogP contribution in [0, 0.1) is 11.6 Å². The smallest absolute Gasteiger partial charge is 0.451 e. The van der Waals surface area contributed by atoms with Crippen LogP contribution in [-0.2, 0) is 20.0 Å². The van der Waals surface area contributed by atoms with Gasteiger partial charge in [-0.2, -0.15) is 0 Å². The number of morpholine rings is 1. The summed E-state index contributed by atoms with van der Waals surface area (Å²) in [5.74, 6) is -2.37. The van der Waals surface area contributed by atoms with Crippen molar-refractivity contribution in [3.8, 4) is 5.75 Å². The molecule has 3 aliphatic rings. The number of hydrogen-bond acceptors (Lipinski definition) is 9. The number of carbonyl (C=O) groups is 2. The van der Waals surface area contributed by atoms with E-state index in [1.165, 1.54) is 40.8 Å². The van der Waals surface area contributed by atoms with Crippen LogP contribution in [0.5, 0.6) is 5.75 Å². The van der Waals surface area contributed by atoms with Gasteiger partial charge >= 0.3 is 6.16 Å². The summed E-state index contributed by atoms with van der Waals surface area (Å²) < 4.78 is 51.2. The number of aromatic nitrogens is 1. The number of hydrogen-bond donors (Lipinski definition) is 0. The van der Waals surface area contributed by atoms with Crippen LogP contribution in [0.25, 0.3) is 0 Å². The Balaban J connectivity index is 1.57. The molecule has 0 unspecified atom stereocenters. The molecular weight excluding hydrogens is 548 g/mol. The van der Waals surface area contributed by atoms with Crippen LogP contribution < -0.4 is 15.2 Å². The minimum atomic E-state index is -1.02. The fourth-order valence-corrected chi connectivity index (χ4v) is 6.37. The van der Waals surface area contributed by atoms with Crippen molar-refractivity contribution in [2.24, 2.45) is 0 Å². The summed E-state index contributed by atoms with van der Waals surface area (Å²) in [6.07, 6.45) is -0.238. The Morgan fingerprint density at radius 3 is 2.75 bits per heavy atom. The Morgan fingerprint density at radius 2 is 1.93 bits per heavy atom. The molecule has 0 N–H and O–H groups in total. The molecule has 10 nitrogen and oxygen atoms in total. The van der Waals surface area contributed by atoms with Crippen molar-refractivity contribution < 1.29 is 37.3 Å². The molecule has 0 saturated carbocycles. The lowest BCUT2D eigenvalue weighted by Crippen LogP contribution is -2.66. The highest BCUT2D eigenvalue weighted by Crippen LogP contribution is 2.44. The maximum absolute atomic E-state index is 14.8. The number of thioether (sulfide) groups is 1. The molecule has 0 radical (unpaired) electrons. The molecule has 1 fully saturated rings. The van der Waals surface area contributed by atoms with Gasteiger partial charge in [0.15, 0.2) is 17.3 Å². The number of benzene rings is 2. The van der Waals surface area contributed by atoms with Crippen LogP contribution in [0.4, 0.5) is 13.6 Å². The zero-order valence-corrected chi connectivity index (χ0v) is 22.0. The molecule has 0 spiro atoms. The summed E-state index contributed by atoms with van der Waals surface area (Å²) in [5.41, 5.74) is 1.20. The molecule has 0 bridgehead atoms. The van der Waals surface area contributed by atoms with Gasteiger partial charge in [-0.3, -0.25) is 19.3 Å². The minimum Gasteiger partial charge on any atom is -0.451 e. The first-order chi connectivity index (χ1) is 19.4. The number of halogens is 2. The fourth-order valence-electron chi connectivity index (χ4n) is 5.28. The van der Waals surface area contributed by atoms with Crippen LogP contribution in [0.3, 0.4) is 0 Å². The topological polar surface area (TPSA) is 99.5 Å². The van der Waals surface area contributed by atoms with E-state index >= 15 is 0 Å². The monoisotopic (exact) mass is 571 g/mol. The lowest BCUT2D eigenvalue weighted by atomic mass is 9.93. The van der Waals surface area contributed by atoms with E-state index in [2.05, 4.69) is 4.74 Å². The molecule has 1 amide bonds. The molecule has 3 aromatic rings. The first kappa shape index (κ1) is 26.1. The number of methoxy groups -OCH3 is 1. The van der Waals surface area contributed by atoms with Gasteiger partial charge in [-0.1, -0.05) is 18.2 Å². The molecule has 6 rings (SSSR count). The van der Waals surface area contributed by atoms with Crippen molar-refractivity contribution in [2.75, 3.05) is 38.7 Å². The standard InChI is InChI=1S/C27H23F2N3O7S/c1-36-27(35)39-14-38-25-20(33)6-7-31-24(25)26(34)30-8-9-37-12-22(30)32(31)23-16-4-2-3-5-21(16)40-13-15-10-18(28)19(29)11-17(15)23/h2-7,10-11,22-23H,8-9,12-14H2,1H3/t22-,23-/m1/s1. The molecule has 208 valence electrons. The van der Waals surface area contributed by atoms with Crippen molar-refractivity contribution in [1.82, 2.24) is 9.58 Å². The van der Waals surface area contributed by atoms with Crippen molar-refractivity contribution in [2.45, 2.75) is 22.9 Å². The summed E-state index contributed by atoms with van der Waals surface area (Å²) in [6, 6.07) is 10.5. The van der Waals surface area contributed by atoms with Crippen LogP contribution in [0.1, 0.15) is 33.2 Å². The number of fused-ring (bicyclic) bond motifs is 4. The van der Waals surface area contributed by atoms with Crippen molar-refractivity contribution >= 4 is 23.8 Å². The third-order valence-corrected chi connectivity index (χ3v) is 8.18. The van der Waals surface area contributed by atoms with Crippen molar-refractivity contribution in [1.29, 1.82) is 0 Å². The lowest BCUT2D eigenvalue weighted by Gasteiger charge is -2.51. The Morgan fingerprint density at radius 1 is 1.12 bits per heavy atom. The van der Waals surface area contributed by atoms with E-state index in [0.29, 0.717) is 16.9 Å². The molecule has 3 aliphatic heterocycles. The van der Waals surface area contributed by atoms with Crippen LogP contribution >= 0.6 is 11.8 Å². The molecule has 2 atom stereocenters. The maximum atomic E-state index is 14.8. The van der Waals surface area contributed by atoms with Gasteiger partial charge in [-0.25, -0.2) is 13.6 Å². The fraction of sp³-hybridized carbons (Fsp3) is 0.296.